The van der Waals surface area contributed by atoms with Crippen LogP contribution in [-0.4, -0.2) is 60.8 Å². The SMILES string of the molecule is O=C(C=Cc1ccc2c(c1)O[C@H](C(=O)O)[C@H](c1ccc(O)c(O)c1)O2)O[C@H](Cc1ccc(O)c(O)c1)C(=O)O. The second-order valence-electron chi connectivity index (χ2n) is 8.49. The highest BCUT2D eigenvalue weighted by Crippen LogP contribution is 2.41. The summed E-state index contributed by atoms with van der Waals surface area (Å²) in [7, 11) is 0. The van der Waals surface area contributed by atoms with Crippen LogP contribution in [0.15, 0.2) is 60.7 Å². The molecule has 0 saturated carbocycles. The van der Waals surface area contributed by atoms with Crippen LogP contribution in [0.3, 0.4) is 0 Å². The summed E-state index contributed by atoms with van der Waals surface area (Å²) in [4.78, 5) is 35.7. The van der Waals surface area contributed by atoms with Crippen molar-refractivity contribution in [3.8, 4) is 34.5 Å². The van der Waals surface area contributed by atoms with Crippen LogP contribution in [0.5, 0.6) is 34.5 Å². The first-order valence-electron chi connectivity index (χ1n) is 11.4. The Kier molecular flexibility index (Phi) is 7.47. The van der Waals surface area contributed by atoms with Gasteiger partial charge < -0.3 is 44.8 Å². The fourth-order valence-corrected chi connectivity index (χ4v) is 3.79. The zero-order valence-corrected chi connectivity index (χ0v) is 19.9. The molecule has 0 amide bonds. The van der Waals surface area contributed by atoms with Gasteiger partial charge in [-0.2, -0.15) is 0 Å². The zero-order valence-electron chi connectivity index (χ0n) is 19.9. The van der Waals surface area contributed by atoms with E-state index in [-0.39, 0.29) is 35.0 Å². The zero-order chi connectivity index (χ0) is 28.3. The van der Waals surface area contributed by atoms with E-state index in [4.69, 9.17) is 14.2 Å². The number of rotatable bonds is 8. The number of benzene rings is 3. The Morgan fingerprint density at radius 1 is 0.821 bits per heavy atom. The van der Waals surface area contributed by atoms with Crippen molar-refractivity contribution in [1.29, 1.82) is 0 Å². The van der Waals surface area contributed by atoms with Gasteiger partial charge >= 0.3 is 17.9 Å². The molecule has 0 fully saturated rings. The first kappa shape index (κ1) is 26.7. The minimum absolute atomic E-state index is 0.0627. The van der Waals surface area contributed by atoms with Crippen LogP contribution in [0.1, 0.15) is 22.8 Å². The van der Waals surface area contributed by atoms with Gasteiger partial charge in [0.25, 0.3) is 0 Å². The largest absolute Gasteiger partial charge is 0.504 e. The summed E-state index contributed by atoms with van der Waals surface area (Å²) in [5.41, 5.74) is 0.954. The monoisotopic (exact) mass is 538 g/mol. The minimum Gasteiger partial charge on any atom is -0.504 e. The molecule has 3 atom stereocenters. The van der Waals surface area contributed by atoms with E-state index in [0.29, 0.717) is 11.1 Å². The van der Waals surface area contributed by atoms with Crippen molar-refractivity contribution < 1.29 is 59.2 Å². The number of carboxylic acids is 2. The molecule has 0 saturated heterocycles. The Hall–Kier alpha value is -5.39. The predicted molar refractivity (Wildman–Crippen MR) is 132 cm³/mol. The van der Waals surface area contributed by atoms with E-state index in [1.807, 2.05) is 0 Å². The van der Waals surface area contributed by atoms with Crippen LogP contribution in [-0.2, 0) is 25.5 Å². The highest BCUT2D eigenvalue weighted by Gasteiger charge is 2.38. The number of esters is 1. The van der Waals surface area contributed by atoms with Crippen molar-refractivity contribution in [3.63, 3.8) is 0 Å². The number of phenols is 4. The molecule has 39 heavy (non-hydrogen) atoms. The van der Waals surface area contributed by atoms with Crippen LogP contribution in [0.25, 0.3) is 6.08 Å². The third-order valence-corrected chi connectivity index (χ3v) is 5.73. The molecule has 3 aromatic carbocycles. The van der Waals surface area contributed by atoms with E-state index in [0.717, 1.165) is 12.1 Å². The number of hydrogen-bond donors (Lipinski definition) is 6. The molecule has 202 valence electrons. The second-order valence-corrected chi connectivity index (χ2v) is 8.49. The molecule has 4 rings (SSSR count). The molecule has 1 heterocycles. The van der Waals surface area contributed by atoms with Crippen LogP contribution in [0.2, 0.25) is 0 Å². The lowest BCUT2D eigenvalue weighted by Gasteiger charge is -2.32. The molecule has 0 spiro atoms. The van der Waals surface area contributed by atoms with Crippen molar-refractivity contribution in [3.05, 3.63) is 77.4 Å². The topological polar surface area (TPSA) is 200 Å². The van der Waals surface area contributed by atoms with Gasteiger partial charge in [0, 0.05) is 18.1 Å². The van der Waals surface area contributed by atoms with Gasteiger partial charge in [-0.3, -0.25) is 0 Å². The molecule has 12 nitrogen and oxygen atoms in total. The normalized spacial score (nSPS) is 16.9. The summed E-state index contributed by atoms with van der Waals surface area (Å²) in [5, 5.41) is 57.3. The van der Waals surface area contributed by atoms with Crippen LogP contribution < -0.4 is 9.47 Å². The number of fused-ring (bicyclic) bond motifs is 1. The second kappa shape index (κ2) is 10.9. The van der Waals surface area contributed by atoms with Crippen molar-refractivity contribution >= 4 is 24.0 Å². The number of aromatic hydroxyl groups is 4. The highest BCUT2D eigenvalue weighted by molar-refractivity contribution is 5.89. The van der Waals surface area contributed by atoms with E-state index in [1.165, 1.54) is 54.6 Å². The van der Waals surface area contributed by atoms with Gasteiger partial charge in [0.1, 0.15) is 0 Å². The molecule has 12 heteroatoms. The van der Waals surface area contributed by atoms with Crippen molar-refractivity contribution in [2.45, 2.75) is 24.7 Å². The number of carbonyl (C=O) groups is 3. The lowest BCUT2D eigenvalue weighted by molar-refractivity contribution is -0.160. The summed E-state index contributed by atoms with van der Waals surface area (Å²) in [6, 6.07) is 11.9. The molecule has 6 N–H and O–H groups in total. The van der Waals surface area contributed by atoms with E-state index in [2.05, 4.69) is 0 Å². The van der Waals surface area contributed by atoms with Gasteiger partial charge in [-0.1, -0.05) is 18.2 Å². The first-order valence-corrected chi connectivity index (χ1v) is 11.4. The number of hydrogen-bond acceptors (Lipinski definition) is 10. The van der Waals surface area contributed by atoms with E-state index < -0.39 is 47.7 Å². The van der Waals surface area contributed by atoms with E-state index in [1.54, 1.807) is 0 Å². The number of carbonyl (C=O) groups excluding carboxylic acids is 1. The third kappa shape index (κ3) is 6.13. The number of aliphatic carboxylic acids is 2. The maximum atomic E-state index is 12.3. The first-order chi connectivity index (χ1) is 18.5. The molecule has 0 aliphatic carbocycles. The van der Waals surface area contributed by atoms with E-state index in [9.17, 15) is 45.0 Å². The molecule has 1 aliphatic rings. The number of carboxylic acid groups (broad SMARTS) is 2. The molecular formula is C27H22O12. The Balaban J connectivity index is 1.47. The van der Waals surface area contributed by atoms with Gasteiger partial charge in [-0.25, -0.2) is 14.4 Å². The minimum atomic E-state index is -1.57. The maximum Gasteiger partial charge on any atom is 0.349 e. The summed E-state index contributed by atoms with van der Waals surface area (Å²) < 4.78 is 16.4. The van der Waals surface area contributed by atoms with Gasteiger partial charge in [-0.15, -0.1) is 0 Å². The molecule has 0 radical (unpaired) electrons. The van der Waals surface area contributed by atoms with Crippen molar-refractivity contribution in [1.82, 2.24) is 0 Å². The highest BCUT2D eigenvalue weighted by atomic mass is 16.6. The van der Waals surface area contributed by atoms with Gasteiger partial charge in [-0.05, 0) is 53.6 Å². The Bertz CT molecular complexity index is 1460. The van der Waals surface area contributed by atoms with E-state index >= 15 is 0 Å². The third-order valence-electron chi connectivity index (χ3n) is 5.73. The maximum absolute atomic E-state index is 12.3. The van der Waals surface area contributed by atoms with Gasteiger partial charge in [0.2, 0.25) is 12.2 Å². The standard InChI is InChI=1S/C27H22O12/c28-16-5-1-14(9-18(16)30)11-22(26(33)34)37-23(32)8-3-13-2-7-20-21(10-13)39-25(27(35)36)24(38-20)15-4-6-17(29)19(31)12-15/h1-10,12,22,24-25,28-31H,11H2,(H,33,34)(H,35,36)/t22-,24+,25+/m1/s1. The van der Waals surface area contributed by atoms with Crippen LogP contribution in [0, 0.1) is 0 Å². The Morgan fingerprint density at radius 3 is 2.15 bits per heavy atom. The predicted octanol–water partition coefficient (Wildman–Crippen LogP) is 2.73. The average molecular weight is 538 g/mol. The van der Waals surface area contributed by atoms with Crippen LogP contribution in [0.4, 0.5) is 0 Å². The lowest BCUT2D eigenvalue weighted by atomic mass is 10.0. The molecule has 0 unspecified atom stereocenters. The average Bonchev–Trinajstić information content (AvgIpc) is 2.89. The van der Waals surface area contributed by atoms with Crippen LogP contribution >= 0.6 is 0 Å². The Morgan fingerprint density at radius 2 is 1.51 bits per heavy atom. The molecule has 0 bridgehead atoms. The quantitative estimate of drug-likeness (QED) is 0.139. The van der Waals surface area contributed by atoms with Gasteiger partial charge in [0.05, 0.1) is 0 Å². The smallest absolute Gasteiger partial charge is 0.349 e. The summed E-state index contributed by atoms with van der Waals surface area (Å²) in [5.74, 6) is -5.15. The number of ether oxygens (including phenoxy) is 3. The molecule has 3 aromatic rings. The van der Waals surface area contributed by atoms with Crippen molar-refractivity contribution in [2.24, 2.45) is 0 Å². The fraction of sp³-hybridized carbons (Fsp3) is 0.148. The molecule has 1 aliphatic heterocycles. The lowest BCUT2D eigenvalue weighted by Crippen LogP contribution is -2.39. The fourth-order valence-electron chi connectivity index (χ4n) is 3.79. The molecule has 0 aromatic heterocycles. The molecular weight excluding hydrogens is 516 g/mol. The summed E-state index contributed by atoms with van der Waals surface area (Å²) >= 11 is 0. The summed E-state index contributed by atoms with van der Waals surface area (Å²) in [6.45, 7) is 0. The number of phenolic OH excluding ortho intramolecular Hbond substituents is 4. The van der Waals surface area contributed by atoms with Gasteiger partial charge in [0.15, 0.2) is 40.6 Å². The summed E-state index contributed by atoms with van der Waals surface area (Å²) in [6.07, 6.45) is -2.19. The van der Waals surface area contributed by atoms with Crippen molar-refractivity contribution in [2.75, 3.05) is 0 Å². The Labute approximate surface area is 220 Å².